The predicted octanol–water partition coefficient (Wildman–Crippen LogP) is 5.16. The van der Waals surface area contributed by atoms with Crippen molar-refractivity contribution in [1.82, 2.24) is 20.9 Å². The number of aryl methyl sites for hydroxylation is 2. The number of carbonyl (C=O) groups excluding carboxylic acids is 3. The van der Waals surface area contributed by atoms with Crippen LogP contribution in [0, 0.1) is 13.8 Å². The summed E-state index contributed by atoms with van der Waals surface area (Å²) in [6.07, 6.45) is -1.93. The lowest BCUT2D eigenvalue weighted by Gasteiger charge is -2.26. The van der Waals surface area contributed by atoms with Crippen LogP contribution in [0.4, 0.5) is 9.59 Å². The van der Waals surface area contributed by atoms with Crippen LogP contribution in [0.2, 0.25) is 0 Å². The van der Waals surface area contributed by atoms with Crippen LogP contribution in [-0.2, 0) is 20.9 Å². The Balaban J connectivity index is 1.65. The maximum Gasteiger partial charge on any atom is 0.408 e. The molecule has 3 aromatic rings. The van der Waals surface area contributed by atoms with Crippen molar-refractivity contribution in [3.05, 3.63) is 101 Å². The molecule has 4 amide bonds. The van der Waals surface area contributed by atoms with Crippen LogP contribution >= 0.6 is 0 Å². The minimum absolute atomic E-state index is 0.0597. The zero-order valence-electron chi connectivity index (χ0n) is 27.0. The Hall–Kier alpha value is -5.06. The van der Waals surface area contributed by atoms with Gasteiger partial charge < -0.3 is 35.8 Å². The summed E-state index contributed by atoms with van der Waals surface area (Å²) in [5.41, 5.74) is 2.82. The van der Waals surface area contributed by atoms with E-state index in [1.54, 1.807) is 71.0 Å². The smallest absolute Gasteiger partial charge is 0.408 e. The monoisotopic (exact) mass is 632 g/mol. The lowest BCUT2D eigenvalue weighted by Crippen LogP contribution is -2.42. The molecule has 246 valence electrons. The first-order valence-electron chi connectivity index (χ1n) is 15.1. The Kier molecular flexibility index (Phi) is 12.6. The van der Waals surface area contributed by atoms with Gasteiger partial charge in [0.1, 0.15) is 11.4 Å². The fourth-order valence-electron chi connectivity index (χ4n) is 5.20. The largest absolute Gasteiger partial charge is 0.508 e. The molecule has 46 heavy (non-hydrogen) atoms. The molecule has 0 saturated heterocycles. The molecule has 11 heteroatoms. The van der Waals surface area contributed by atoms with Gasteiger partial charge >= 0.3 is 12.2 Å². The number of nitrogens with zero attached hydrogens (tertiary/aromatic N) is 1. The van der Waals surface area contributed by atoms with E-state index < -0.39 is 29.7 Å². The van der Waals surface area contributed by atoms with Crippen molar-refractivity contribution in [2.24, 2.45) is 0 Å². The van der Waals surface area contributed by atoms with E-state index in [2.05, 4.69) is 16.0 Å². The maximum absolute atomic E-state index is 13.4. The van der Waals surface area contributed by atoms with E-state index >= 15 is 0 Å². The normalized spacial score (nSPS) is 12.4. The van der Waals surface area contributed by atoms with Gasteiger partial charge in [0.25, 0.3) is 0 Å². The Morgan fingerprint density at radius 3 is 2.00 bits per heavy atom. The van der Waals surface area contributed by atoms with Gasteiger partial charge in [-0.05, 0) is 74.6 Å². The third kappa shape index (κ3) is 11.1. The van der Waals surface area contributed by atoms with E-state index in [9.17, 15) is 29.4 Å². The number of hydrogen-bond acceptors (Lipinski definition) is 6. The number of carboxylic acid groups (broad SMARTS) is 1. The third-order valence-electron chi connectivity index (χ3n) is 7.16. The van der Waals surface area contributed by atoms with Crippen LogP contribution in [0.1, 0.15) is 67.0 Å². The van der Waals surface area contributed by atoms with Crippen molar-refractivity contribution in [3.8, 4) is 5.75 Å². The second-order valence-electron chi connectivity index (χ2n) is 12.1. The molecule has 0 saturated carbocycles. The average molecular weight is 633 g/mol. The zero-order valence-corrected chi connectivity index (χ0v) is 27.0. The van der Waals surface area contributed by atoms with Gasteiger partial charge in [0.15, 0.2) is 0 Å². The highest BCUT2D eigenvalue weighted by Gasteiger charge is 2.27. The molecule has 2 atom stereocenters. The highest BCUT2D eigenvalue weighted by atomic mass is 16.6. The number of phenolic OH excluding ortho intramolecular Hbond substituents is 1. The minimum atomic E-state index is -1.14. The molecule has 0 aliphatic rings. The summed E-state index contributed by atoms with van der Waals surface area (Å²) in [5.74, 6) is -1.45. The van der Waals surface area contributed by atoms with Crippen molar-refractivity contribution in [1.29, 1.82) is 0 Å². The van der Waals surface area contributed by atoms with Crippen molar-refractivity contribution in [3.63, 3.8) is 0 Å². The molecule has 3 rings (SSSR count). The van der Waals surface area contributed by atoms with E-state index in [1.807, 2.05) is 36.4 Å². The zero-order chi connectivity index (χ0) is 33.9. The van der Waals surface area contributed by atoms with E-state index in [0.29, 0.717) is 22.3 Å². The molecule has 3 aromatic carbocycles. The molecule has 0 heterocycles. The fourth-order valence-corrected chi connectivity index (χ4v) is 5.20. The summed E-state index contributed by atoms with van der Waals surface area (Å²) in [7, 11) is 0. The molecule has 5 N–H and O–H groups in total. The van der Waals surface area contributed by atoms with Gasteiger partial charge in [0.2, 0.25) is 11.8 Å². The first-order chi connectivity index (χ1) is 21.7. The topological polar surface area (TPSA) is 157 Å². The number of hydrogen-bond donors (Lipinski definition) is 5. The van der Waals surface area contributed by atoms with Gasteiger partial charge in [-0.2, -0.15) is 0 Å². The molecule has 11 nitrogen and oxygen atoms in total. The van der Waals surface area contributed by atoms with Gasteiger partial charge in [0, 0.05) is 26.2 Å². The SMILES string of the molecule is Cc1cc(O)cc(C)c1C(CC(=O)NCCNC(=O)C(CN(Cc1ccccc1)C(=O)O)c1ccccc1)NC(=O)OC(C)(C)C. The standard InChI is InChI=1S/C35H44N4O7/c1-23-18-27(40)19-24(2)31(23)29(38-33(43)46-35(3,4)5)20-30(41)36-16-17-37-32(42)28(26-14-10-7-11-15-26)22-39(34(44)45)21-25-12-8-6-9-13-25/h6-15,18-19,28-29,40H,16-17,20-22H2,1-5H3,(H,36,41)(H,37,42)(H,38,43)(H,44,45). The van der Waals surface area contributed by atoms with Gasteiger partial charge in [-0.15, -0.1) is 0 Å². The summed E-state index contributed by atoms with van der Waals surface area (Å²) in [6.45, 7) is 9.06. The Bertz CT molecular complexity index is 1470. The molecule has 0 bridgehead atoms. The average Bonchev–Trinajstić information content (AvgIpc) is 2.96. The van der Waals surface area contributed by atoms with Gasteiger partial charge in [-0.25, -0.2) is 9.59 Å². The van der Waals surface area contributed by atoms with Crippen LogP contribution in [0.15, 0.2) is 72.8 Å². The van der Waals surface area contributed by atoms with Crippen molar-refractivity contribution in [2.75, 3.05) is 19.6 Å². The number of ether oxygens (including phenoxy) is 1. The first-order valence-corrected chi connectivity index (χ1v) is 15.1. The molecular formula is C35H44N4O7. The highest BCUT2D eigenvalue weighted by Crippen LogP contribution is 2.29. The summed E-state index contributed by atoms with van der Waals surface area (Å²) in [4.78, 5) is 52.4. The highest BCUT2D eigenvalue weighted by molar-refractivity contribution is 5.84. The summed E-state index contributed by atoms with van der Waals surface area (Å²) < 4.78 is 5.42. The van der Waals surface area contributed by atoms with Crippen molar-refractivity contribution < 1.29 is 34.1 Å². The van der Waals surface area contributed by atoms with Crippen LogP contribution < -0.4 is 16.0 Å². The van der Waals surface area contributed by atoms with Crippen molar-refractivity contribution in [2.45, 2.75) is 65.1 Å². The third-order valence-corrected chi connectivity index (χ3v) is 7.16. The Morgan fingerprint density at radius 2 is 1.43 bits per heavy atom. The quantitative estimate of drug-likeness (QED) is 0.163. The Morgan fingerprint density at radius 1 is 0.870 bits per heavy atom. The van der Waals surface area contributed by atoms with E-state index in [0.717, 1.165) is 5.56 Å². The second-order valence-corrected chi connectivity index (χ2v) is 12.1. The number of benzene rings is 3. The number of carbonyl (C=O) groups is 4. The number of alkyl carbamates (subject to hydrolysis) is 1. The molecule has 0 radical (unpaired) electrons. The predicted molar refractivity (Wildman–Crippen MR) is 174 cm³/mol. The van der Waals surface area contributed by atoms with E-state index in [-0.39, 0.29) is 50.2 Å². The molecule has 2 unspecified atom stereocenters. The van der Waals surface area contributed by atoms with Crippen molar-refractivity contribution >= 4 is 24.0 Å². The van der Waals surface area contributed by atoms with E-state index in [1.165, 1.54) is 4.90 Å². The molecular weight excluding hydrogens is 588 g/mol. The van der Waals surface area contributed by atoms with Crippen LogP contribution in [0.5, 0.6) is 5.75 Å². The molecule has 0 spiro atoms. The molecule has 0 aliphatic heterocycles. The molecule has 0 fully saturated rings. The fraction of sp³-hybridized carbons (Fsp3) is 0.371. The lowest BCUT2D eigenvalue weighted by molar-refractivity contribution is -0.124. The van der Waals surface area contributed by atoms with Crippen LogP contribution in [-0.4, -0.2) is 64.3 Å². The number of aromatic hydroxyl groups is 1. The second kappa shape index (κ2) is 16.3. The summed E-state index contributed by atoms with van der Waals surface area (Å²) in [5, 5.41) is 28.3. The number of phenols is 1. The first kappa shape index (κ1) is 35.4. The van der Waals surface area contributed by atoms with Crippen LogP contribution in [0.3, 0.4) is 0 Å². The van der Waals surface area contributed by atoms with Gasteiger partial charge in [0.05, 0.1) is 18.4 Å². The molecule has 0 aliphatic carbocycles. The lowest BCUT2D eigenvalue weighted by atomic mass is 9.93. The molecule has 0 aromatic heterocycles. The Labute approximate surface area is 270 Å². The maximum atomic E-state index is 13.4. The number of nitrogens with one attached hydrogen (secondary N) is 3. The van der Waals surface area contributed by atoms with E-state index in [4.69, 9.17) is 4.74 Å². The number of rotatable bonds is 13. The van der Waals surface area contributed by atoms with Gasteiger partial charge in [-0.1, -0.05) is 60.7 Å². The summed E-state index contributed by atoms with van der Waals surface area (Å²) in [6, 6.07) is 20.5. The van der Waals surface area contributed by atoms with Crippen LogP contribution in [0.25, 0.3) is 0 Å². The van der Waals surface area contributed by atoms with Gasteiger partial charge in [-0.3, -0.25) is 9.59 Å². The number of amides is 4. The minimum Gasteiger partial charge on any atom is -0.508 e. The summed E-state index contributed by atoms with van der Waals surface area (Å²) >= 11 is 0.